The van der Waals surface area contributed by atoms with Crippen LogP contribution in [0.15, 0.2) is 53.3 Å². The van der Waals surface area contributed by atoms with Crippen LogP contribution in [0, 0.1) is 15.9 Å². The zero-order chi connectivity index (χ0) is 21.7. The van der Waals surface area contributed by atoms with E-state index in [1.54, 1.807) is 18.2 Å². The average molecular weight is 477 g/mol. The first-order valence-corrected chi connectivity index (χ1v) is 9.10. The van der Waals surface area contributed by atoms with Crippen LogP contribution in [-0.2, 0) is 0 Å². The van der Waals surface area contributed by atoms with Crippen molar-refractivity contribution in [2.45, 2.75) is 0 Å². The van der Waals surface area contributed by atoms with Gasteiger partial charge in [0.15, 0.2) is 0 Å². The molecule has 0 aliphatic heterocycles. The Labute approximate surface area is 177 Å². The predicted molar refractivity (Wildman–Crippen MR) is 110 cm³/mol. The molecule has 0 saturated carbocycles. The van der Waals surface area contributed by atoms with E-state index in [0.717, 1.165) is 6.33 Å². The highest BCUT2D eigenvalue weighted by Crippen LogP contribution is 2.32. The number of rotatable bonds is 7. The van der Waals surface area contributed by atoms with E-state index in [1.807, 2.05) is 0 Å². The molecule has 0 aliphatic carbocycles. The maximum absolute atomic E-state index is 14.1. The second kappa shape index (κ2) is 9.13. The Morgan fingerprint density at radius 1 is 1.17 bits per heavy atom. The number of nitrogens with one attached hydrogen (secondary N) is 3. The normalized spacial score (nSPS) is 10.2. The number of ether oxygens (including phenoxy) is 1. The number of hydrogen-bond donors (Lipinski definition) is 3. The van der Waals surface area contributed by atoms with Crippen LogP contribution in [-0.4, -0.2) is 27.9 Å². The van der Waals surface area contributed by atoms with Gasteiger partial charge in [0.1, 0.15) is 17.9 Å². The number of hydrogen-bond acceptors (Lipinski definition) is 8. The van der Waals surface area contributed by atoms with Gasteiger partial charge >= 0.3 is 5.69 Å². The Morgan fingerprint density at radius 3 is 2.50 bits per heavy atom. The van der Waals surface area contributed by atoms with Crippen LogP contribution >= 0.6 is 15.9 Å². The highest BCUT2D eigenvalue weighted by atomic mass is 79.9. The van der Waals surface area contributed by atoms with E-state index in [-0.39, 0.29) is 22.9 Å². The number of anilines is 3. The van der Waals surface area contributed by atoms with Gasteiger partial charge in [-0.3, -0.25) is 25.8 Å². The van der Waals surface area contributed by atoms with Gasteiger partial charge in [-0.25, -0.2) is 14.4 Å². The first kappa shape index (κ1) is 20.9. The van der Waals surface area contributed by atoms with Crippen LogP contribution in [0.5, 0.6) is 5.75 Å². The predicted octanol–water partition coefficient (Wildman–Crippen LogP) is 3.80. The van der Waals surface area contributed by atoms with E-state index in [0.29, 0.717) is 10.2 Å². The monoisotopic (exact) mass is 476 g/mol. The SMILES string of the molecule is COc1ccc(C(=O)NNc2ncnc(Nc3ccc(Br)cc3F)c2[N+](=O)[O-])cc1. The van der Waals surface area contributed by atoms with Crippen LogP contribution < -0.4 is 20.9 Å². The van der Waals surface area contributed by atoms with Gasteiger partial charge in [-0.1, -0.05) is 15.9 Å². The van der Waals surface area contributed by atoms with E-state index < -0.39 is 22.3 Å². The largest absolute Gasteiger partial charge is 0.497 e. The summed E-state index contributed by atoms with van der Waals surface area (Å²) in [6, 6.07) is 10.4. The third kappa shape index (κ3) is 4.78. The van der Waals surface area contributed by atoms with Crippen molar-refractivity contribution in [2.75, 3.05) is 17.9 Å². The number of aromatic nitrogens is 2. The standard InChI is InChI=1S/C18H14BrFN6O4/c1-30-12-5-2-10(3-6-12)18(27)25-24-17-15(26(28)29)16(21-9-22-17)23-14-7-4-11(19)8-13(14)20/h2-9H,1H3,(H,25,27)(H2,21,22,23,24). The van der Waals surface area contributed by atoms with Gasteiger partial charge in [0.05, 0.1) is 17.7 Å². The Bertz CT molecular complexity index is 1100. The number of halogens is 2. The third-order valence-corrected chi connectivity index (χ3v) is 4.33. The molecule has 0 fully saturated rings. The van der Waals surface area contributed by atoms with Gasteiger partial charge < -0.3 is 10.1 Å². The molecule has 10 nitrogen and oxygen atoms in total. The zero-order valence-electron chi connectivity index (χ0n) is 15.3. The van der Waals surface area contributed by atoms with Crippen molar-refractivity contribution in [2.24, 2.45) is 0 Å². The maximum atomic E-state index is 14.1. The molecule has 154 valence electrons. The highest BCUT2D eigenvalue weighted by Gasteiger charge is 2.24. The summed E-state index contributed by atoms with van der Waals surface area (Å²) in [5, 5.41) is 14.1. The van der Waals surface area contributed by atoms with E-state index in [4.69, 9.17) is 4.74 Å². The average Bonchev–Trinajstić information content (AvgIpc) is 2.74. The molecule has 0 unspecified atom stereocenters. The molecule has 1 aromatic heterocycles. The van der Waals surface area contributed by atoms with Gasteiger partial charge in [-0.15, -0.1) is 0 Å². The van der Waals surface area contributed by atoms with E-state index >= 15 is 0 Å². The summed E-state index contributed by atoms with van der Waals surface area (Å²) in [7, 11) is 1.50. The lowest BCUT2D eigenvalue weighted by Gasteiger charge is -2.11. The molecule has 0 aliphatic rings. The van der Waals surface area contributed by atoms with Crippen molar-refractivity contribution in [1.29, 1.82) is 0 Å². The second-order valence-electron chi connectivity index (χ2n) is 5.73. The molecule has 1 heterocycles. The van der Waals surface area contributed by atoms with Crippen molar-refractivity contribution < 1.29 is 18.8 Å². The van der Waals surface area contributed by atoms with Crippen LogP contribution in [0.1, 0.15) is 10.4 Å². The smallest absolute Gasteiger partial charge is 0.355 e. The summed E-state index contributed by atoms with van der Waals surface area (Å²) in [5.74, 6) is -1.16. The molecule has 1 amide bonds. The number of benzene rings is 2. The molecule has 12 heteroatoms. The number of methoxy groups -OCH3 is 1. The molecular weight excluding hydrogens is 463 g/mol. The van der Waals surface area contributed by atoms with E-state index in [9.17, 15) is 19.3 Å². The molecule has 3 rings (SSSR count). The third-order valence-electron chi connectivity index (χ3n) is 3.84. The molecule has 3 N–H and O–H groups in total. The fraction of sp³-hybridized carbons (Fsp3) is 0.0556. The van der Waals surface area contributed by atoms with Crippen molar-refractivity contribution in [3.05, 3.63) is 74.8 Å². The first-order chi connectivity index (χ1) is 14.4. The topological polar surface area (TPSA) is 131 Å². The fourth-order valence-corrected chi connectivity index (χ4v) is 2.72. The Morgan fingerprint density at radius 2 is 1.87 bits per heavy atom. The molecule has 3 aromatic rings. The molecular formula is C18H14BrFN6O4. The van der Waals surface area contributed by atoms with E-state index in [2.05, 4.69) is 42.1 Å². The Balaban J connectivity index is 1.81. The number of hydrazine groups is 1. The van der Waals surface area contributed by atoms with Crippen LogP contribution in [0.2, 0.25) is 0 Å². The lowest BCUT2D eigenvalue weighted by molar-refractivity contribution is -0.383. The maximum Gasteiger partial charge on any atom is 0.355 e. The van der Waals surface area contributed by atoms with Crippen LogP contribution in [0.4, 0.5) is 27.4 Å². The summed E-state index contributed by atoms with van der Waals surface area (Å²) in [6.07, 6.45) is 1.04. The van der Waals surface area contributed by atoms with Gasteiger partial charge in [0.25, 0.3) is 5.91 Å². The van der Waals surface area contributed by atoms with Crippen molar-refractivity contribution in [1.82, 2.24) is 15.4 Å². The summed E-state index contributed by atoms with van der Waals surface area (Å²) >= 11 is 3.13. The zero-order valence-corrected chi connectivity index (χ0v) is 16.9. The van der Waals surface area contributed by atoms with Gasteiger partial charge in [0.2, 0.25) is 11.6 Å². The molecule has 2 aromatic carbocycles. The minimum Gasteiger partial charge on any atom is -0.497 e. The van der Waals surface area contributed by atoms with Crippen LogP contribution in [0.3, 0.4) is 0 Å². The van der Waals surface area contributed by atoms with Gasteiger partial charge in [0, 0.05) is 10.0 Å². The number of nitrogens with zero attached hydrogens (tertiary/aromatic N) is 3. The lowest BCUT2D eigenvalue weighted by atomic mass is 10.2. The fourth-order valence-electron chi connectivity index (χ4n) is 2.38. The van der Waals surface area contributed by atoms with Crippen LogP contribution in [0.25, 0.3) is 0 Å². The molecule has 0 bridgehead atoms. The molecule has 0 atom stereocenters. The summed E-state index contributed by atoms with van der Waals surface area (Å²) in [4.78, 5) is 30.7. The minimum atomic E-state index is -0.749. The number of amides is 1. The minimum absolute atomic E-state index is 0.0202. The summed E-state index contributed by atoms with van der Waals surface area (Å²) in [6.45, 7) is 0. The number of carbonyl (C=O) groups excluding carboxylic acids is 1. The lowest BCUT2D eigenvalue weighted by Crippen LogP contribution is -2.30. The van der Waals surface area contributed by atoms with Crippen molar-refractivity contribution in [3.63, 3.8) is 0 Å². The van der Waals surface area contributed by atoms with Crippen molar-refractivity contribution >= 4 is 44.8 Å². The summed E-state index contributed by atoms with van der Waals surface area (Å²) in [5.41, 5.74) is 4.42. The highest BCUT2D eigenvalue weighted by molar-refractivity contribution is 9.10. The molecule has 0 radical (unpaired) electrons. The van der Waals surface area contributed by atoms with Gasteiger partial charge in [-0.05, 0) is 42.5 Å². The van der Waals surface area contributed by atoms with E-state index in [1.165, 1.54) is 31.4 Å². The molecule has 0 saturated heterocycles. The summed E-state index contributed by atoms with van der Waals surface area (Å²) < 4.78 is 19.6. The first-order valence-electron chi connectivity index (χ1n) is 8.31. The number of carbonyl (C=O) groups is 1. The Hall–Kier alpha value is -3.80. The second-order valence-corrected chi connectivity index (χ2v) is 6.65. The Kier molecular flexibility index (Phi) is 6.37. The quantitative estimate of drug-likeness (QED) is 0.346. The molecule has 0 spiro atoms. The number of nitro groups is 1. The molecule has 30 heavy (non-hydrogen) atoms. The van der Waals surface area contributed by atoms with Crippen molar-refractivity contribution in [3.8, 4) is 5.75 Å². The van der Waals surface area contributed by atoms with Gasteiger partial charge in [-0.2, -0.15) is 0 Å².